The minimum Gasteiger partial charge on any atom is -0.338 e. The van der Waals surface area contributed by atoms with Crippen LogP contribution in [0.1, 0.15) is 13.3 Å². The van der Waals surface area contributed by atoms with Crippen molar-refractivity contribution < 1.29 is 4.79 Å². The number of rotatable bonds is 2. The summed E-state index contributed by atoms with van der Waals surface area (Å²) < 4.78 is 0. The topological polar surface area (TPSA) is 20.3 Å². The van der Waals surface area contributed by atoms with E-state index in [1.54, 1.807) is 0 Å². The first-order valence-corrected chi connectivity index (χ1v) is 5.88. The molecule has 0 radical (unpaired) electrons. The predicted molar refractivity (Wildman–Crippen MR) is 53.8 cm³/mol. The summed E-state index contributed by atoms with van der Waals surface area (Å²) in [5, 5.41) is 0. The van der Waals surface area contributed by atoms with Gasteiger partial charge in [-0.05, 0) is 6.92 Å². The Balaban J connectivity index is 2.42. The van der Waals surface area contributed by atoms with Gasteiger partial charge in [-0.15, -0.1) is 11.6 Å². The Kier molecular flexibility index (Phi) is 4.22. The maximum atomic E-state index is 11.4. The van der Waals surface area contributed by atoms with E-state index < -0.39 is 0 Å². The molecule has 70 valence electrons. The van der Waals surface area contributed by atoms with Crippen LogP contribution in [0, 0.1) is 0 Å². The van der Waals surface area contributed by atoms with Gasteiger partial charge >= 0.3 is 0 Å². The quantitative estimate of drug-likeness (QED) is 0.641. The number of nitrogens with zero attached hydrogens (tertiary/aromatic N) is 1. The number of carbonyl (C=O) groups is 1. The van der Waals surface area contributed by atoms with Gasteiger partial charge in [-0.3, -0.25) is 4.79 Å². The van der Waals surface area contributed by atoms with Crippen LogP contribution in [0.4, 0.5) is 0 Å². The molecule has 0 saturated carbocycles. The first-order chi connectivity index (χ1) is 5.75. The van der Waals surface area contributed by atoms with E-state index in [2.05, 4.69) is 6.92 Å². The van der Waals surface area contributed by atoms with Crippen molar-refractivity contribution in [2.24, 2.45) is 0 Å². The molecule has 0 aliphatic carbocycles. The summed E-state index contributed by atoms with van der Waals surface area (Å²) in [6.07, 6.45) is 0.483. The van der Waals surface area contributed by atoms with Crippen LogP contribution in [0.25, 0.3) is 0 Å². The smallest absolute Gasteiger partial charge is 0.224 e. The molecule has 0 aromatic carbocycles. The van der Waals surface area contributed by atoms with Gasteiger partial charge in [0.2, 0.25) is 5.91 Å². The third kappa shape index (κ3) is 2.56. The molecule has 0 aromatic heterocycles. The Morgan fingerprint density at radius 1 is 1.75 bits per heavy atom. The molecule has 1 aliphatic heterocycles. The van der Waals surface area contributed by atoms with Crippen molar-refractivity contribution in [2.45, 2.75) is 19.4 Å². The van der Waals surface area contributed by atoms with Crippen LogP contribution in [0.15, 0.2) is 0 Å². The Morgan fingerprint density at radius 3 is 3.08 bits per heavy atom. The van der Waals surface area contributed by atoms with Gasteiger partial charge in [-0.1, -0.05) is 0 Å². The molecular weight excluding hydrogens is 194 g/mol. The van der Waals surface area contributed by atoms with Gasteiger partial charge < -0.3 is 4.90 Å². The molecule has 1 amide bonds. The molecule has 0 aromatic rings. The van der Waals surface area contributed by atoms with E-state index in [0.29, 0.717) is 18.3 Å². The summed E-state index contributed by atoms with van der Waals surface area (Å²) >= 11 is 7.43. The third-order valence-corrected chi connectivity index (χ3v) is 3.37. The summed E-state index contributed by atoms with van der Waals surface area (Å²) in [6.45, 7) is 2.99. The third-order valence-electron chi connectivity index (χ3n) is 2.00. The van der Waals surface area contributed by atoms with Crippen molar-refractivity contribution >= 4 is 29.3 Å². The minimum atomic E-state index is 0.206. The predicted octanol–water partition coefficient (Wildman–Crippen LogP) is 1.58. The van der Waals surface area contributed by atoms with Crippen molar-refractivity contribution in [2.75, 3.05) is 23.9 Å². The number of hydrogen-bond donors (Lipinski definition) is 0. The first kappa shape index (κ1) is 10.2. The molecular formula is C8H14ClNOS. The number of amides is 1. The van der Waals surface area contributed by atoms with E-state index in [1.807, 2.05) is 16.7 Å². The van der Waals surface area contributed by atoms with Crippen LogP contribution in [0.3, 0.4) is 0 Å². The van der Waals surface area contributed by atoms with Crippen LogP contribution in [-0.4, -0.2) is 40.8 Å². The fourth-order valence-corrected chi connectivity index (χ4v) is 2.50. The molecule has 12 heavy (non-hydrogen) atoms. The normalized spacial score (nSPS) is 24.2. The second-order valence-electron chi connectivity index (χ2n) is 2.95. The van der Waals surface area contributed by atoms with Gasteiger partial charge in [-0.2, -0.15) is 11.8 Å². The molecule has 1 heterocycles. The molecule has 1 atom stereocenters. The summed E-state index contributed by atoms with van der Waals surface area (Å²) in [5.74, 6) is 2.78. The van der Waals surface area contributed by atoms with Crippen molar-refractivity contribution in [1.29, 1.82) is 0 Å². The highest BCUT2D eigenvalue weighted by Crippen LogP contribution is 2.16. The first-order valence-electron chi connectivity index (χ1n) is 4.19. The summed E-state index contributed by atoms with van der Waals surface area (Å²) in [5.41, 5.74) is 0. The SMILES string of the molecule is CC1CSCCN1C(=O)CCCl. The van der Waals surface area contributed by atoms with Crippen LogP contribution in [0.2, 0.25) is 0 Å². The van der Waals surface area contributed by atoms with Gasteiger partial charge in [0, 0.05) is 36.4 Å². The summed E-state index contributed by atoms with van der Waals surface area (Å²) in [7, 11) is 0. The van der Waals surface area contributed by atoms with Gasteiger partial charge in [0.1, 0.15) is 0 Å². The molecule has 1 aliphatic rings. The maximum Gasteiger partial charge on any atom is 0.224 e. The molecule has 1 saturated heterocycles. The fourth-order valence-electron chi connectivity index (χ4n) is 1.32. The lowest BCUT2D eigenvalue weighted by Gasteiger charge is -2.32. The summed E-state index contributed by atoms with van der Waals surface area (Å²) in [6, 6.07) is 0.388. The van der Waals surface area contributed by atoms with E-state index in [1.165, 1.54) is 0 Å². The van der Waals surface area contributed by atoms with Crippen molar-refractivity contribution in [1.82, 2.24) is 4.90 Å². The largest absolute Gasteiger partial charge is 0.338 e. The lowest BCUT2D eigenvalue weighted by atomic mass is 10.3. The second kappa shape index (κ2) is 4.97. The number of hydrogen-bond acceptors (Lipinski definition) is 2. The molecule has 0 N–H and O–H groups in total. The molecule has 4 heteroatoms. The maximum absolute atomic E-state index is 11.4. The van der Waals surface area contributed by atoms with Crippen LogP contribution >= 0.6 is 23.4 Å². The lowest BCUT2D eigenvalue weighted by molar-refractivity contribution is -0.132. The van der Waals surface area contributed by atoms with Gasteiger partial charge in [-0.25, -0.2) is 0 Å². The molecule has 1 rings (SSSR count). The van der Waals surface area contributed by atoms with Crippen molar-refractivity contribution in [3.05, 3.63) is 0 Å². The van der Waals surface area contributed by atoms with E-state index >= 15 is 0 Å². The van der Waals surface area contributed by atoms with Crippen LogP contribution in [-0.2, 0) is 4.79 Å². The zero-order valence-electron chi connectivity index (χ0n) is 7.25. The standard InChI is InChI=1S/C8H14ClNOS/c1-7-6-12-5-4-10(7)8(11)2-3-9/h7H,2-6H2,1H3. The Morgan fingerprint density at radius 2 is 2.50 bits per heavy atom. The van der Waals surface area contributed by atoms with Gasteiger partial charge in [0.05, 0.1) is 0 Å². The highest BCUT2D eigenvalue weighted by atomic mass is 35.5. The number of thioether (sulfide) groups is 1. The Labute approximate surface area is 82.6 Å². The monoisotopic (exact) mass is 207 g/mol. The number of carbonyl (C=O) groups excluding carboxylic acids is 1. The van der Waals surface area contributed by atoms with Crippen LogP contribution in [0.5, 0.6) is 0 Å². The molecule has 2 nitrogen and oxygen atoms in total. The number of alkyl halides is 1. The highest BCUT2D eigenvalue weighted by Gasteiger charge is 2.22. The molecule has 0 bridgehead atoms. The molecule has 1 fully saturated rings. The number of halogens is 1. The average Bonchev–Trinajstić information content (AvgIpc) is 2.05. The second-order valence-corrected chi connectivity index (χ2v) is 4.48. The lowest BCUT2D eigenvalue weighted by Crippen LogP contribution is -2.44. The zero-order chi connectivity index (χ0) is 8.97. The summed E-state index contributed by atoms with van der Waals surface area (Å²) in [4.78, 5) is 13.4. The Hall–Kier alpha value is 0.110. The molecule has 1 unspecified atom stereocenters. The van der Waals surface area contributed by atoms with E-state index in [9.17, 15) is 4.79 Å². The van der Waals surface area contributed by atoms with Gasteiger partial charge in [0.25, 0.3) is 0 Å². The van der Waals surface area contributed by atoms with Gasteiger partial charge in [0.15, 0.2) is 0 Å². The van der Waals surface area contributed by atoms with E-state index in [-0.39, 0.29) is 5.91 Å². The fraction of sp³-hybridized carbons (Fsp3) is 0.875. The van der Waals surface area contributed by atoms with Crippen molar-refractivity contribution in [3.63, 3.8) is 0 Å². The highest BCUT2D eigenvalue weighted by molar-refractivity contribution is 7.99. The van der Waals surface area contributed by atoms with E-state index in [0.717, 1.165) is 18.1 Å². The van der Waals surface area contributed by atoms with E-state index in [4.69, 9.17) is 11.6 Å². The minimum absolute atomic E-state index is 0.206. The average molecular weight is 208 g/mol. The zero-order valence-corrected chi connectivity index (χ0v) is 8.83. The Bertz CT molecular complexity index is 165. The molecule has 0 spiro atoms. The van der Waals surface area contributed by atoms with Crippen molar-refractivity contribution in [3.8, 4) is 0 Å². The van der Waals surface area contributed by atoms with Crippen LogP contribution < -0.4 is 0 Å².